The van der Waals surface area contributed by atoms with Crippen molar-refractivity contribution in [3.8, 4) is 11.4 Å². The van der Waals surface area contributed by atoms with E-state index in [1.54, 1.807) is 13.3 Å². The van der Waals surface area contributed by atoms with Gasteiger partial charge in [0.15, 0.2) is 5.65 Å². The van der Waals surface area contributed by atoms with Gasteiger partial charge in [0.2, 0.25) is 0 Å². The Hall–Kier alpha value is -1.59. The van der Waals surface area contributed by atoms with Gasteiger partial charge < -0.3 is 4.74 Å². The molecule has 0 saturated carbocycles. The van der Waals surface area contributed by atoms with Crippen LogP contribution in [-0.2, 0) is 5.88 Å². The van der Waals surface area contributed by atoms with Crippen molar-refractivity contribution in [1.29, 1.82) is 0 Å². The van der Waals surface area contributed by atoms with E-state index in [0.717, 1.165) is 38.5 Å². The Morgan fingerprint density at radius 2 is 2.14 bits per heavy atom. The van der Waals surface area contributed by atoms with Crippen molar-refractivity contribution in [3.63, 3.8) is 0 Å². The molecule has 0 fully saturated rings. The molecular weight excluding hydrogens is 354 g/mol. The number of nitrogens with zero attached hydrogens (tertiary/aromatic N) is 3. The average Bonchev–Trinajstić information content (AvgIpc) is 2.88. The van der Waals surface area contributed by atoms with Crippen molar-refractivity contribution in [2.75, 3.05) is 7.11 Å². The Bertz CT molecular complexity index is 816. The molecule has 0 amide bonds. The maximum Gasteiger partial charge on any atom is 0.165 e. The second-order valence-corrected chi connectivity index (χ2v) is 5.74. The fourth-order valence-corrected chi connectivity index (χ4v) is 2.88. The second-order valence-electron chi connectivity index (χ2n) is 4.61. The molecule has 3 aromatic rings. The summed E-state index contributed by atoms with van der Waals surface area (Å²) in [6.07, 6.45) is 1.78. The molecule has 3 rings (SSSR count). The standard InChI is InChI=1S/C15H13BrClN3O/c1-9-5-6-18-15-14(9)19-13(8-17)20(15)12-7-10(21-2)3-4-11(12)16/h3-7H,8H2,1-2H3. The monoisotopic (exact) mass is 365 g/mol. The lowest BCUT2D eigenvalue weighted by Gasteiger charge is -2.11. The molecule has 0 radical (unpaired) electrons. The predicted molar refractivity (Wildman–Crippen MR) is 87.4 cm³/mol. The van der Waals surface area contributed by atoms with Gasteiger partial charge in [-0.1, -0.05) is 0 Å². The molecule has 0 N–H and O–H groups in total. The molecule has 0 atom stereocenters. The quantitative estimate of drug-likeness (QED) is 0.651. The third-order valence-corrected chi connectivity index (χ3v) is 4.24. The van der Waals surface area contributed by atoms with Crippen LogP contribution in [0.25, 0.3) is 16.9 Å². The van der Waals surface area contributed by atoms with Gasteiger partial charge in [-0.15, -0.1) is 11.6 Å². The molecule has 4 nitrogen and oxygen atoms in total. The first-order valence-corrected chi connectivity index (χ1v) is 7.71. The number of halogens is 2. The number of rotatable bonds is 3. The van der Waals surface area contributed by atoms with E-state index in [0.29, 0.717) is 5.88 Å². The van der Waals surface area contributed by atoms with Gasteiger partial charge in [-0.25, -0.2) is 9.97 Å². The number of imidazole rings is 1. The van der Waals surface area contributed by atoms with Crippen molar-refractivity contribution in [3.05, 3.63) is 46.3 Å². The van der Waals surface area contributed by atoms with Crippen LogP contribution in [0.5, 0.6) is 5.75 Å². The Labute approximate surface area is 135 Å². The van der Waals surface area contributed by atoms with Crippen molar-refractivity contribution in [1.82, 2.24) is 14.5 Å². The summed E-state index contributed by atoms with van der Waals surface area (Å²) in [7, 11) is 1.64. The summed E-state index contributed by atoms with van der Waals surface area (Å²) in [4.78, 5) is 9.07. The summed E-state index contributed by atoms with van der Waals surface area (Å²) in [5.41, 5.74) is 3.64. The molecule has 0 bridgehead atoms. The fourth-order valence-electron chi connectivity index (χ4n) is 2.27. The molecule has 0 aliphatic heterocycles. The summed E-state index contributed by atoms with van der Waals surface area (Å²) in [5, 5.41) is 0. The second kappa shape index (κ2) is 5.66. The van der Waals surface area contributed by atoms with Crippen LogP contribution in [0.3, 0.4) is 0 Å². The molecule has 21 heavy (non-hydrogen) atoms. The molecule has 0 aliphatic carbocycles. The minimum Gasteiger partial charge on any atom is -0.497 e. The molecular formula is C15H13BrClN3O. The molecule has 0 aliphatic rings. The number of fused-ring (bicyclic) bond motifs is 1. The molecule has 6 heteroatoms. The first kappa shape index (κ1) is 14.4. The Balaban J connectivity index is 2.36. The topological polar surface area (TPSA) is 39.9 Å². The van der Waals surface area contributed by atoms with Gasteiger partial charge in [0.1, 0.15) is 17.1 Å². The Morgan fingerprint density at radius 1 is 1.33 bits per heavy atom. The lowest BCUT2D eigenvalue weighted by molar-refractivity contribution is 0.414. The van der Waals surface area contributed by atoms with Crippen molar-refractivity contribution < 1.29 is 4.74 Å². The van der Waals surface area contributed by atoms with Crippen LogP contribution in [0, 0.1) is 6.92 Å². The first-order chi connectivity index (χ1) is 10.2. The number of aryl methyl sites for hydroxylation is 1. The Morgan fingerprint density at radius 3 is 2.86 bits per heavy atom. The SMILES string of the molecule is COc1ccc(Br)c(-n2c(CCl)nc3c(C)ccnc32)c1. The first-order valence-electron chi connectivity index (χ1n) is 6.38. The van der Waals surface area contributed by atoms with Gasteiger partial charge in [-0.05, 0) is 46.6 Å². The third kappa shape index (κ3) is 2.40. The highest BCUT2D eigenvalue weighted by molar-refractivity contribution is 9.10. The van der Waals surface area contributed by atoms with E-state index >= 15 is 0 Å². The van der Waals surface area contributed by atoms with Gasteiger partial charge in [0.25, 0.3) is 0 Å². The molecule has 0 saturated heterocycles. The van der Waals surface area contributed by atoms with Crippen LogP contribution in [0.15, 0.2) is 34.9 Å². The van der Waals surface area contributed by atoms with Gasteiger partial charge in [0, 0.05) is 16.7 Å². The van der Waals surface area contributed by atoms with E-state index in [1.807, 2.05) is 35.8 Å². The van der Waals surface area contributed by atoms with Crippen molar-refractivity contribution in [2.24, 2.45) is 0 Å². The zero-order valence-electron chi connectivity index (χ0n) is 11.6. The smallest absolute Gasteiger partial charge is 0.165 e. The Kier molecular flexibility index (Phi) is 3.87. The summed E-state index contributed by atoms with van der Waals surface area (Å²) in [6.45, 7) is 2.01. The van der Waals surface area contributed by atoms with Crippen LogP contribution < -0.4 is 4.74 Å². The summed E-state index contributed by atoms with van der Waals surface area (Å²) >= 11 is 9.65. The number of hydrogen-bond acceptors (Lipinski definition) is 3. The van der Waals surface area contributed by atoms with E-state index in [1.165, 1.54) is 0 Å². The van der Waals surface area contributed by atoms with Crippen LogP contribution in [0.1, 0.15) is 11.4 Å². The van der Waals surface area contributed by atoms with Crippen molar-refractivity contribution >= 4 is 38.7 Å². The van der Waals surface area contributed by atoms with Gasteiger partial charge in [-0.2, -0.15) is 0 Å². The highest BCUT2D eigenvalue weighted by Gasteiger charge is 2.16. The molecule has 108 valence electrons. The summed E-state index contributed by atoms with van der Waals surface area (Å²) < 4.78 is 8.20. The highest BCUT2D eigenvalue weighted by Crippen LogP contribution is 2.30. The summed E-state index contributed by atoms with van der Waals surface area (Å²) in [6, 6.07) is 7.71. The minimum absolute atomic E-state index is 0.305. The van der Waals surface area contributed by atoms with Gasteiger partial charge in [-0.3, -0.25) is 4.57 Å². The van der Waals surface area contributed by atoms with E-state index in [-0.39, 0.29) is 0 Å². The number of methoxy groups -OCH3 is 1. The molecule has 0 spiro atoms. The average molecular weight is 367 g/mol. The molecule has 1 aromatic carbocycles. The van der Waals surface area contributed by atoms with Gasteiger partial charge >= 0.3 is 0 Å². The van der Waals surface area contributed by atoms with E-state index in [9.17, 15) is 0 Å². The fraction of sp³-hybridized carbons (Fsp3) is 0.200. The summed E-state index contributed by atoms with van der Waals surface area (Å²) in [5.74, 6) is 1.82. The number of ether oxygens (including phenoxy) is 1. The van der Waals surface area contributed by atoms with Gasteiger partial charge in [0.05, 0.1) is 18.7 Å². The normalized spacial score (nSPS) is 11.0. The van der Waals surface area contributed by atoms with Crippen LogP contribution in [0.2, 0.25) is 0 Å². The van der Waals surface area contributed by atoms with Crippen LogP contribution in [-0.4, -0.2) is 21.6 Å². The molecule has 0 unspecified atom stereocenters. The zero-order chi connectivity index (χ0) is 15.0. The van der Waals surface area contributed by atoms with Crippen LogP contribution >= 0.6 is 27.5 Å². The van der Waals surface area contributed by atoms with E-state index < -0.39 is 0 Å². The maximum atomic E-state index is 6.07. The van der Waals surface area contributed by atoms with Crippen LogP contribution in [0.4, 0.5) is 0 Å². The number of aromatic nitrogens is 3. The number of benzene rings is 1. The molecule has 2 heterocycles. The largest absolute Gasteiger partial charge is 0.497 e. The molecule has 2 aromatic heterocycles. The number of hydrogen-bond donors (Lipinski definition) is 0. The zero-order valence-corrected chi connectivity index (χ0v) is 13.9. The van der Waals surface area contributed by atoms with E-state index in [4.69, 9.17) is 16.3 Å². The number of pyridine rings is 1. The maximum absolute atomic E-state index is 6.07. The van der Waals surface area contributed by atoms with E-state index in [2.05, 4.69) is 25.9 Å². The lowest BCUT2D eigenvalue weighted by atomic mass is 10.2. The number of alkyl halides is 1. The highest BCUT2D eigenvalue weighted by atomic mass is 79.9. The lowest BCUT2D eigenvalue weighted by Crippen LogP contribution is -2.02. The van der Waals surface area contributed by atoms with Crippen molar-refractivity contribution in [2.45, 2.75) is 12.8 Å². The predicted octanol–water partition coefficient (Wildman–Crippen LogP) is 4.24. The minimum atomic E-state index is 0.305. The third-order valence-electron chi connectivity index (χ3n) is 3.33.